The minimum absolute atomic E-state index is 0.223. The minimum atomic E-state index is -0.422. The van der Waals surface area contributed by atoms with Crippen molar-refractivity contribution in [3.05, 3.63) is 88.0 Å². The summed E-state index contributed by atoms with van der Waals surface area (Å²) in [7, 11) is 0. The molecule has 2 saturated heterocycles. The van der Waals surface area contributed by atoms with Crippen molar-refractivity contribution in [2.45, 2.75) is 93.8 Å². The summed E-state index contributed by atoms with van der Waals surface area (Å²) >= 11 is 0. The highest BCUT2D eigenvalue weighted by Gasteiger charge is 2.33. The molecule has 0 aromatic heterocycles. The summed E-state index contributed by atoms with van der Waals surface area (Å²) in [6.07, 6.45) is 0.446. The molecular weight excluding hydrogens is 552 g/mol. The zero-order valence-electron chi connectivity index (χ0n) is 29.0. The predicted molar refractivity (Wildman–Crippen MR) is 181 cm³/mol. The number of aryl methyl sites for hydroxylation is 3. The van der Waals surface area contributed by atoms with Crippen LogP contribution in [0.3, 0.4) is 0 Å². The Morgan fingerprint density at radius 1 is 0.614 bits per heavy atom. The van der Waals surface area contributed by atoms with Crippen LogP contribution in [0.2, 0.25) is 0 Å². The Morgan fingerprint density at radius 2 is 0.955 bits per heavy atom. The second-order valence-corrected chi connectivity index (χ2v) is 10.4. The van der Waals surface area contributed by atoms with Crippen LogP contribution in [0.15, 0.2) is 54.6 Å². The molecule has 0 bridgehead atoms. The molecule has 3 aromatic carbocycles. The molecule has 2 aliphatic heterocycles. The van der Waals surface area contributed by atoms with Crippen molar-refractivity contribution in [2.24, 2.45) is 0 Å². The topological polar surface area (TPSA) is 62.0 Å². The summed E-state index contributed by atoms with van der Waals surface area (Å²) in [6.45, 7) is 26.1. The summed E-state index contributed by atoms with van der Waals surface area (Å²) < 4.78 is 33.9. The molecule has 0 amide bonds. The molecule has 0 saturated carbocycles. The van der Waals surface area contributed by atoms with Gasteiger partial charge in [0.2, 0.25) is 0 Å². The molecule has 0 N–H and O–H groups in total. The number of epoxide rings is 2. The SMILES string of the molecule is CC.CC.CC.CCOCOc1ccc(C(C)(c2ccc(OCC3CO3)c(C)c2)c2ccc(OCC3CO3)c(C)c2)cc1C. The van der Waals surface area contributed by atoms with Crippen LogP contribution in [0.4, 0.5) is 0 Å². The van der Waals surface area contributed by atoms with E-state index < -0.39 is 5.41 Å². The molecule has 2 aliphatic rings. The Kier molecular flexibility index (Phi) is 15.8. The highest BCUT2D eigenvalue weighted by atomic mass is 16.7. The van der Waals surface area contributed by atoms with Crippen molar-refractivity contribution in [3.63, 3.8) is 0 Å². The van der Waals surface area contributed by atoms with E-state index in [9.17, 15) is 0 Å². The van der Waals surface area contributed by atoms with Gasteiger partial charge in [0.05, 0.1) is 13.2 Å². The smallest absolute Gasteiger partial charge is 0.189 e. The average Bonchev–Trinajstić information content (AvgIpc) is 3.99. The van der Waals surface area contributed by atoms with Crippen molar-refractivity contribution < 1.29 is 28.4 Å². The monoisotopic (exact) mass is 608 g/mol. The lowest BCUT2D eigenvalue weighted by Gasteiger charge is -2.33. The molecule has 0 aliphatic carbocycles. The molecule has 44 heavy (non-hydrogen) atoms. The van der Waals surface area contributed by atoms with Crippen molar-refractivity contribution in [2.75, 3.05) is 39.8 Å². The van der Waals surface area contributed by atoms with Gasteiger partial charge in [-0.25, -0.2) is 0 Å². The fourth-order valence-corrected chi connectivity index (χ4v) is 4.75. The van der Waals surface area contributed by atoms with Crippen LogP contribution in [0.25, 0.3) is 0 Å². The van der Waals surface area contributed by atoms with Crippen molar-refractivity contribution in [1.29, 1.82) is 0 Å². The van der Waals surface area contributed by atoms with Gasteiger partial charge in [-0.1, -0.05) is 77.9 Å². The third-order valence-electron chi connectivity index (χ3n) is 7.41. The van der Waals surface area contributed by atoms with Gasteiger partial charge in [-0.3, -0.25) is 0 Å². The number of hydrogen-bond donors (Lipinski definition) is 0. The van der Waals surface area contributed by atoms with Gasteiger partial charge in [0.1, 0.15) is 42.7 Å². The zero-order chi connectivity index (χ0) is 32.7. The highest BCUT2D eigenvalue weighted by Crippen LogP contribution is 2.42. The molecule has 2 fully saturated rings. The van der Waals surface area contributed by atoms with Crippen LogP contribution in [0, 0.1) is 20.8 Å². The van der Waals surface area contributed by atoms with Gasteiger partial charge in [0.25, 0.3) is 0 Å². The maximum absolute atomic E-state index is 6.03. The first-order valence-electron chi connectivity index (χ1n) is 16.4. The maximum atomic E-state index is 6.03. The van der Waals surface area contributed by atoms with Gasteiger partial charge >= 0.3 is 0 Å². The lowest BCUT2D eigenvalue weighted by atomic mass is 9.70. The summed E-state index contributed by atoms with van der Waals surface area (Å²) in [5.74, 6) is 2.61. The van der Waals surface area contributed by atoms with Gasteiger partial charge < -0.3 is 28.4 Å². The van der Waals surface area contributed by atoms with E-state index in [1.54, 1.807) is 0 Å². The molecule has 244 valence electrons. The van der Waals surface area contributed by atoms with E-state index in [2.05, 4.69) is 76.2 Å². The summed E-state index contributed by atoms with van der Waals surface area (Å²) in [4.78, 5) is 0. The number of rotatable bonds is 13. The quantitative estimate of drug-likeness (QED) is 0.0835. The van der Waals surface area contributed by atoms with Crippen LogP contribution >= 0.6 is 0 Å². The fraction of sp³-hybridized carbons (Fsp3) is 0.526. The second kappa shape index (κ2) is 18.7. The molecule has 0 spiro atoms. The Hall–Kier alpha value is -3.06. The number of ether oxygens (including phenoxy) is 6. The number of hydrogen-bond acceptors (Lipinski definition) is 6. The van der Waals surface area contributed by atoms with E-state index in [1.807, 2.05) is 54.5 Å². The lowest BCUT2D eigenvalue weighted by Crippen LogP contribution is -2.26. The van der Waals surface area contributed by atoms with Crippen molar-refractivity contribution >= 4 is 0 Å². The lowest BCUT2D eigenvalue weighted by molar-refractivity contribution is 0.0220. The molecule has 5 rings (SSSR count). The minimum Gasteiger partial charge on any atom is -0.491 e. The predicted octanol–water partition coefficient (Wildman–Crippen LogP) is 8.97. The van der Waals surface area contributed by atoms with Gasteiger partial charge in [-0.05, 0) is 86.2 Å². The third kappa shape index (κ3) is 9.98. The van der Waals surface area contributed by atoms with Gasteiger partial charge in [0.15, 0.2) is 6.79 Å². The van der Waals surface area contributed by atoms with E-state index in [0.29, 0.717) is 19.8 Å². The molecule has 6 nitrogen and oxygen atoms in total. The molecule has 6 heteroatoms. The van der Waals surface area contributed by atoms with Crippen molar-refractivity contribution in [1.82, 2.24) is 0 Å². The van der Waals surface area contributed by atoms with E-state index in [-0.39, 0.29) is 19.0 Å². The summed E-state index contributed by atoms with van der Waals surface area (Å²) in [5, 5.41) is 0. The van der Waals surface area contributed by atoms with E-state index in [0.717, 1.165) is 47.2 Å². The number of benzene rings is 3. The van der Waals surface area contributed by atoms with E-state index in [4.69, 9.17) is 28.4 Å². The van der Waals surface area contributed by atoms with Crippen LogP contribution in [-0.2, 0) is 19.6 Å². The normalized spacial score (nSPS) is 17.2. The summed E-state index contributed by atoms with van der Waals surface area (Å²) in [6, 6.07) is 19.4. The highest BCUT2D eigenvalue weighted by molar-refractivity contribution is 5.55. The van der Waals surface area contributed by atoms with Gasteiger partial charge in [-0.2, -0.15) is 0 Å². The molecular formula is C38H56O6. The van der Waals surface area contributed by atoms with Crippen LogP contribution in [0.5, 0.6) is 17.2 Å². The maximum Gasteiger partial charge on any atom is 0.189 e. The zero-order valence-corrected chi connectivity index (χ0v) is 29.0. The Morgan fingerprint density at radius 3 is 1.25 bits per heavy atom. The van der Waals surface area contributed by atoms with Crippen LogP contribution < -0.4 is 14.2 Å². The standard InChI is InChI=1S/C32H38O6.3C2H6/c1-6-33-20-38-31-12-9-26(15-23(31)4)32(5,24-7-10-29(21(2)13-24)36-18-27-16-34-27)25-8-11-30(22(3)14-25)37-19-28-17-35-28;3*1-2/h7-15,27-28H,6,16-20H2,1-5H3;3*1-2H3. The average molecular weight is 609 g/mol. The van der Waals surface area contributed by atoms with Crippen molar-refractivity contribution in [3.8, 4) is 17.2 Å². The van der Waals surface area contributed by atoms with Gasteiger partial charge in [0, 0.05) is 12.0 Å². The second-order valence-electron chi connectivity index (χ2n) is 10.4. The first kappa shape index (κ1) is 37.1. The van der Waals surface area contributed by atoms with Crippen LogP contribution in [-0.4, -0.2) is 52.0 Å². The molecule has 2 atom stereocenters. The molecule has 2 unspecified atom stereocenters. The van der Waals surface area contributed by atoms with Gasteiger partial charge in [-0.15, -0.1) is 0 Å². The first-order chi connectivity index (χ1) is 21.4. The molecule has 3 aromatic rings. The Balaban J connectivity index is 0.00000106. The van der Waals surface area contributed by atoms with Crippen LogP contribution in [0.1, 0.15) is 88.8 Å². The largest absolute Gasteiger partial charge is 0.491 e. The third-order valence-corrected chi connectivity index (χ3v) is 7.41. The Bertz CT molecular complexity index is 1200. The van der Waals surface area contributed by atoms with E-state index >= 15 is 0 Å². The first-order valence-corrected chi connectivity index (χ1v) is 16.4. The fourth-order valence-electron chi connectivity index (χ4n) is 4.75. The summed E-state index contributed by atoms with van der Waals surface area (Å²) in [5.41, 5.74) is 6.40. The van der Waals surface area contributed by atoms with E-state index in [1.165, 1.54) is 16.7 Å². The molecule has 2 heterocycles. The molecule has 0 radical (unpaired) electrons. The Labute approximate surface area is 267 Å².